The quantitative estimate of drug-likeness (QED) is 0.586. The number of amides is 2. The number of halogens is 2. The Morgan fingerprint density at radius 3 is 2.43 bits per heavy atom. The molecule has 3 aromatic rings. The van der Waals surface area contributed by atoms with Crippen molar-refractivity contribution in [1.82, 2.24) is 0 Å². The van der Waals surface area contributed by atoms with Crippen LogP contribution in [0.25, 0.3) is 0 Å². The van der Waals surface area contributed by atoms with Crippen LogP contribution in [0.5, 0.6) is 0 Å². The van der Waals surface area contributed by atoms with Crippen LogP contribution in [0.1, 0.15) is 12.0 Å². The third-order valence-electron chi connectivity index (χ3n) is 4.67. The Morgan fingerprint density at radius 2 is 1.67 bits per heavy atom. The average Bonchev–Trinajstić information content (AvgIpc) is 2.87. The van der Waals surface area contributed by atoms with Gasteiger partial charge in [-0.15, -0.1) is 0 Å². The lowest BCUT2D eigenvalue weighted by Gasteiger charge is -2.22. The minimum atomic E-state index is -0.346. The van der Waals surface area contributed by atoms with E-state index in [9.17, 15) is 9.59 Å². The molecule has 0 bridgehead atoms. The van der Waals surface area contributed by atoms with Crippen molar-refractivity contribution >= 4 is 57.8 Å². The summed E-state index contributed by atoms with van der Waals surface area (Å²) in [6.07, 6.45) is 0.0652. The molecule has 0 saturated carbocycles. The largest absolute Gasteiger partial charge is 0.323 e. The van der Waals surface area contributed by atoms with E-state index in [0.29, 0.717) is 32.8 Å². The molecular weight excluding hydrogens is 421 g/mol. The summed E-state index contributed by atoms with van der Waals surface area (Å²) >= 11 is 12.1. The number of benzene rings is 3. The zero-order chi connectivity index (χ0) is 21.1. The van der Waals surface area contributed by atoms with E-state index in [2.05, 4.69) is 5.32 Å². The van der Waals surface area contributed by atoms with Crippen molar-refractivity contribution in [2.75, 3.05) is 16.8 Å². The summed E-state index contributed by atoms with van der Waals surface area (Å²) in [5.74, 6) is -0.566. The second-order valence-electron chi connectivity index (χ2n) is 6.74. The van der Waals surface area contributed by atoms with Crippen LogP contribution in [-0.4, -0.2) is 24.1 Å². The van der Waals surface area contributed by atoms with E-state index in [-0.39, 0.29) is 24.8 Å². The molecule has 0 aromatic heterocycles. The molecule has 1 aliphatic heterocycles. The smallest absolute Gasteiger partial charge is 0.244 e. The Kier molecular flexibility index (Phi) is 5.84. The van der Waals surface area contributed by atoms with Gasteiger partial charge in [-0.05, 0) is 42.0 Å². The topological polar surface area (TPSA) is 61.8 Å². The average molecular weight is 438 g/mol. The van der Waals surface area contributed by atoms with Gasteiger partial charge in [0.15, 0.2) is 0 Å². The molecule has 5 nitrogen and oxygen atoms in total. The Labute approximate surface area is 183 Å². The van der Waals surface area contributed by atoms with Crippen LogP contribution in [0.15, 0.2) is 77.8 Å². The minimum Gasteiger partial charge on any atom is -0.323 e. The molecule has 0 radical (unpaired) electrons. The first kappa shape index (κ1) is 20.1. The van der Waals surface area contributed by atoms with E-state index < -0.39 is 0 Å². The SMILES string of the molecule is O=C(CN1C(=O)CC(c2ccc(Cl)cc2)=Nc2ccccc21)Nc1ccccc1Cl. The summed E-state index contributed by atoms with van der Waals surface area (Å²) in [5.41, 5.74) is 3.14. The molecule has 0 unspecified atom stereocenters. The molecule has 1 N–H and O–H groups in total. The standard InChI is InChI=1S/C23H17Cl2N3O2/c24-16-11-9-15(10-12-16)20-13-23(30)28(21-8-4-3-7-19(21)26-20)14-22(29)27-18-6-2-1-5-17(18)25/h1-12H,13-14H2,(H,27,29). The molecule has 30 heavy (non-hydrogen) atoms. The first-order chi connectivity index (χ1) is 14.5. The van der Waals surface area contributed by atoms with Crippen LogP contribution in [0.3, 0.4) is 0 Å². The number of rotatable bonds is 4. The van der Waals surface area contributed by atoms with E-state index in [1.54, 1.807) is 42.5 Å². The van der Waals surface area contributed by atoms with Crippen LogP contribution < -0.4 is 10.2 Å². The molecule has 1 heterocycles. The highest BCUT2D eigenvalue weighted by Crippen LogP contribution is 2.33. The van der Waals surface area contributed by atoms with Crippen LogP contribution in [0, 0.1) is 0 Å². The summed E-state index contributed by atoms with van der Waals surface area (Å²) < 4.78 is 0. The van der Waals surface area contributed by atoms with Crippen molar-refractivity contribution in [2.24, 2.45) is 4.99 Å². The second-order valence-corrected chi connectivity index (χ2v) is 7.58. The Bertz CT molecular complexity index is 1140. The van der Waals surface area contributed by atoms with Gasteiger partial charge in [0.25, 0.3) is 0 Å². The first-order valence-electron chi connectivity index (χ1n) is 9.28. The molecule has 2 amide bonds. The van der Waals surface area contributed by atoms with Crippen molar-refractivity contribution in [3.63, 3.8) is 0 Å². The van der Waals surface area contributed by atoms with Gasteiger partial charge in [-0.25, -0.2) is 0 Å². The van der Waals surface area contributed by atoms with E-state index in [0.717, 1.165) is 5.56 Å². The van der Waals surface area contributed by atoms with Crippen molar-refractivity contribution < 1.29 is 9.59 Å². The third kappa shape index (κ3) is 4.37. The van der Waals surface area contributed by atoms with Gasteiger partial charge in [-0.3, -0.25) is 14.6 Å². The zero-order valence-electron chi connectivity index (χ0n) is 15.8. The van der Waals surface area contributed by atoms with Gasteiger partial charge in [-0.2, -0.15) is 0 Å². The van der Waals surface area contributed by atoms with Crippen molar-refractivity contribution in [3.8, 4) is 0 Å². The van der Waals surface area contributed by atoms with Gasteiger partial charge < -0.3 is 10.2 Å². The fourth-order valence-electron chi connectivity index (χ4n) is 3.22. The van der Waals surface area contributed by atoms with Crippen molar-refractivity contribution in [1.29, 1.82) is 0 Å². The van der Waals surface area contributed by atoms with Gasteiger partial charge in [0, 0.05) is 5.02 Å². The summed E-state index contributed by atoms with van der Waals surface area (Å²) in [6.45, 7) is -0.148. The van der Waals surface area contributed by atoms with Crippen molar-refractivity contribution in [2.45, 2.75) is 6.42 Å². The zero-order valence-corrected chi connectivity index (χ0v) is 17.3. The lowest BCUT2D eigenvalue weighted by atomic mass is 10.1. The lowest BCUT2D eigenvalue weighted by molar-refractivity contribution is -0.120. The third-order valence-corrected chi connectivity index (χ3v) is 5.26. The number of carbonyl (C=O) groups is 2. The normalized spacial score (nSPS) is 13.3. The highest BCUT2D eigenvalue weighted by atomic mass is 35.5. The van der Waals surface area contributed by atoms with Crippen molar-refractivity contribution in [3.05, 3.63) is 88.4 Å². The Balaban J connectivity index is 1.62. The minimum absolute atomic E-state index is 0.0652. The molecule has 0 aliphatic carbocycles. The number of para-hydroxylation sites is 3. The maximum absolute atomic E-state index is 13.1. The highest BCUT2D eigenvalue weighted by Gasteiger charge is 2.26. The van der Waals surface area contributed by atoms with E-state index in [4.69, 9.17) is 28.2 Å². The maximum Gasteiger partial charge on any atom is 0.244 e. The van der Waals surface area contributed by atoms with Gasteiger partial charge in [0.1, 0.15) is 6.54 Å². The predicted molar refractivity (Wildman–Crippen MR) is 121 cm³/mol. The number of anilines is 2. The lowest BCUT2D eigenvalue weighted by Crippen LogP contribution is -2.38. The number of carbonyl (C=O) groups excluding carboxylic acids is 2. The molecule has 0 fully saturated rings. The van der Waals surface area contributed by atoms with Gasteiger partial charge in [0.05, 0.1) is 34.2 Å². The van der Waals surface area contributed by atoms with Gasteiger partial charge >= 0.3 is 0 Å². The maximum atomic E-state index is 13.1. The number of nitrogens with zero attached hydrogens (tertiary/aromatic N) is 2. The first-order valence-corrected chi connectivity index (χ1v) is 10.0. The fourth-order valence-corrected chi connectivity index (χ4v) is 3.53. The molecule has 150 valence electrons. The van der Waals surface area contributed by atoms with Crippen LogP contribution in [-0.2, 0) is 9.59 Å². The number of nitrogens with one attached hydrogen (secondary N) is 1. The molecule has 4 rings (SSSR count). The van der Waals surface area contributed by atoms with Gasteiger partial charge in [0.2, 0.25) is 11.8 Å². The number of hydrogen-bond acceptors (Lipinski definition) is 3. The monoisotopic (exact) mass is 437 g/mol. The number of aliphatic imine (C=N–C) groups is 1. The predicted octanol–water partition coefficient (Wildman–Crippen LogP) is 5.49. The number of hydrogen-bond donors (Lipinski definition) is 1. The van der Waals surface area contributed by atoms with E-state index in [1.165, 1.54) is 4.90 Å². The van der Waals surface area contributed by atoms with E-state index >= 15 is 0 Å². The Hall–Kier alpha value is -3.15. The molecular formula is C23H17Cl2N3O2. The van der Waals surface area contributed by atoms with Crippen LogP contribution in [0.2, 0.25) is 10.0 Å². The highest BCUT2D eigenvalue weighted by molar-refractivity contribution is 6.33. The molecule has 0 spiro atoms. The molecule has 7 heteroatoms. The van der Waals surface area contributed by atoms with Crippen LogP contribution >= 0.6 is 23.2 Å². The summed E-state index contributed by atoms with van der Waals surface area (Å²) in [6, 6.07) is 21.4. The van der Waals surface area contributed by atoms with Crippen LogP contribution in [0.4, 0.5) is 17.1 Å². The molecule has 0 atom stereocenters. The second kappa shape index (κ2) is 8.69. The summed E-state index contributed by atoms with van der Waals surface area (Å²) in [5, 5.41) is 3.80. The van der Waals surface area contributed by atoms with E-state index in [1.807, 2.05) is 30.3 Å². The number of fused-ring (bicyclic) bond motifs is 1. The van der Waals surface area contributed by atoms with Gasteiger partial charge in [-0.1, -0.05) is 59.6 Å². The molecule has 1 aliphatic rings. The molecule has 3 aromatic carbocycles. The molecule has 0 saturated heterocycles. The summed E-state index contributed by atoms with van der Waals surface area (Å²) in [4.78, 5) is 31.9. The fraction of sp³-hybridized carbons (Fsp3) is 0.0870. The summed E-state index contributed by atoms with van der Waals surface area (Å²) in [7, 11) is 0. The Morgan fingerprint density at radius 1 is 0.967 bits per heavy atom.